The van der Waals surface area contributed by atoms with E-state index < -0.39 is 0 Å². The van der Waals surface area contributed by atoms with Gasteiger partial charge in [0, 0.05) is 63.3 Å². The molecule has 1 aromatic rings. The molecule has 1 saturated carbocycles. The second-order valence-electron chi connectivity index (χ2n) is 12.3. The summed E-state index contributed by atoms with van der Waals surface area (Å²) in [5.74, 6) is 1.43. The SMILES string of the molecule is CCCCCNC[C@H](CC1CCCCC1)NC1=C(N2CCC[C@@H]([C@@H](OCCCOC)c3ccccc3)C2)CC1. The largest absolute Gasteiger partial charge is 0.385 e. The van der Waals surface area contributed by atoms with Crippen LogP contribution in [-0.2, 0) is 9.47 Å². The van der Waals surface area contributed by atoms with Crippen molar-refractivity contribution in [1.29, 1.82) is 0 Å². The number of hydrogen-bond donors (Lipinski definition) is 2. The van der Waals surface area contributed by atoms with Crippen LogP contribution >= 0.6 is 0 Å². The van der Waals surface area contributed by atoms with Gasteiger partial charge in [0.25, 0.3) is 0 Å². The van der Waals surface area contributed by atoms with Crippen LogP contribution in [0, 0.1) is 11.8 Å². The van der Waals surface area contributed by atoms with Crippen molar-refractivity contribution >= 4 is 0 Å². The smallest absolute Gasteiger partial charge is 0.0869 e. The molecule has 4 rings (SSSR count). The highest BCUT2D eigenvalue weighted by atomic mass is 16.5. The Balaban J connectivity index is 1.38. The summed E-state index contributed by atoms with van der Waals surface area (Å²) in [4.78, 5) is 2.71. The number of piperidine rings is 1. The van der Waals surface area contributed by atoms with Gasteiger partial charge in [-0.1, -0.05) is 82.2 Å². The average Bonchev–Trinajstić information content (AvgIpc) is 2.96. The van der Waals surface area contributed by atoms with E-state index in [9.17, 15) is 0 Å². The molecular weight excluding hydrogens is 482 g/mol. The lowest BCUT2D eigenvalue weighted by molar-refractivity contribution is -0.0187. The molecule has 39 heavy (non-hydrogen) atoms. The first-order valence-corrected chi connectivity index (χ1v) is 16.4. The molecule has 0 bridgehead atoms. The maximum absolute atomic E-state index is 6.55. The Morgan fingerprint density at radius 1 is 0.949 bits per heavy atom. The quantitative estimate of drug-likeness (QED) is 0.193. The average molecular weight is 540 g/mol. The van der Waals surface area contributed by atoms with E-state index >= 15 is 0 Å². The highest BCUT2D eigenvalue weighted by Gasteiger charge is 2.33. The van der Waals surface area contributed by atoms with E-state index in [4.69, 9.17) is 9.47 Å². The zero-order valence-corrected chi connectivity index (χ0v) is 25.1. The summed E-state index contributed by atoms with van der Waals surface area (Å²) >= 11 is 0. The second kappa shape index (κ2) is 17.3. The van der Waals surface area contributed by atoms with E-state index in [-0.39, 0.29) is 6.10 Å². The third-order valence-corrected chi connectivity index (χ3v) is 9.21. The maximum Gasteiger partial charge on any atom is 0.0869 e. The Labute approximate surface area is 239 Å². The third kappa shape index (κ3) is 9.79. The Bertz CT molecular complexity index is 823. The van der Waals surface area contributed by atoms with Crippen LogP contribution in [0.15, 0.2) is 41.7 Å². The summed E-state index contributed by atoms with van der Waals surface area (Å²) in [6, 6.07) is 11.5. The summed E-state index contributed by atoms with van der Waals surface area (Å²) in [6.07, 6.45) is 18.4. The molecule has 0 spiro atoms. The van der Waals surface area contributed by atoms with Crippen LogP contribution in [0.2, 0.25) is 0 Å². The predicted molar refractivity (Wildman–Crippen MR) is 163 cm³/mol. The minimum absolute atomic E-state index is 0.161. The van der Waals surface area contributed by atoms with E-state index in [0.29, 0.717) is 12.0 Å². The van der Waals surface area contributed by atoms with E-state index in [1.165, 1.54) is 101 Å². The van der Waals surface area contributed by atoms with Gasteiger partial charge in [-0.25, -0.2) is 0 Å². The van der Waals surface area contributed by atoms with Crippen LogP contribution in [0.5, 0.6) is 0 Å². The molecule has 1 aromatic carbocycles. The van der Waals surface area contributed by atoms with Crippen molar-refractivity contribution in [2.75, 3.05) is 46.5 Å². The van der Waals surface area contributed by atoms with Gasteiger partial charge >= 0.3 is 0 Å². The lowest BCUT2D eigenvalue weighted by Gasteiger charge is -2.43. The van der Waals surface area contributed by atoms with Crippen molar-refractivity contribution in [2.24, 2.45) is 11.8 Å². The fourth-order valence-electron chi connectivity index (χ4n) is 6.97. The lowest BCUT2D eigenvalue weighted by Crippen LogP contribution is -2.45. The van der Waals surface area contributed by atoms with Crippen molar-refractivity contribution in [1.82, 2.24) is 15.5 Å². The molecule has 2 N–H and O–H groups in total. The first-order chi connectivity index (χ1) is 19.3. The van der Waals surface area contributed by atoms with Crippen LogP contribution in [0.4, 0.5) is 0 Å². The molecule has 3 atom stereocenters. The van der Waals surface area contributed by atoms with Crippen LogP contribution < -0.4 is 10.6 Å². The van der Waals surface area contributed by atoms with Gasteiger partial charge in [-0.2, -0.15) is 0 Å². The lowest BCUT2D eigenvalue weighted by atomic mass is 9.84. The normalized spacial score (nSPS) is 22.0. The first-order valence-electron chi connectivity index (χ1n) is 16.4. The molecule has 1 saturated heterocycles. The highest BCUT2D eigenvalue weighted by Crippen LogP contribution is 2.38. The number of nitrogens with one attached hydrogen (secondary N) is 2. The van der Waals surface area contributed by atoms with Crippen molar-refractivity contribution in [3.8, 4) is 0 Å². The van der Waals surface area contributed by atoms with Crippen molar-refractivity contribution in [3.63, 3.8) is 0 Å². The van der Waals surface area contributed by atoms with Crippen molar-refractivity contribution in [2.45, 2.75) is 109 Å². The fraction of sp³-hybridized carbons (Fsp3) is 0.765. The Kier molecular flexibility index (Phi) is 13.5. The summed E-state index contributed by atoms with van der Waals surface area (Å²) in [7, 11) is 1.77. The molecule has 0 amide bonds. The predicted octanol–water partition coefficient (Wildman–Crippen LogP) is 7.21. The van der Waals surface area contributed by atoms with Crippen LogP contribution in [0.1, 0.15) is 108 Å². The van der Waals surface area contributed by atoms with Crippen LogP contribution in [0.3, 0.4) is 0 Å². The molecule has 220 valence electrons. The Morgan fingerprint density at radius 2 is 1.79 bits per heavy atom. The van der Waals surface area contributed by atoms with Crippen molar-refractivity contribution in [3.05, 3.63) is 47.3 Å². The molecule has 1 heterocycles. The minimum atomic E-state index is 0.161. The monoisotopic (exact) mass is 539 g/mol. The molecule has 1 aliphatic heterocycles. The van der Waals surface area contributed by atoms with Gasteiger partial charge in [0.2, 0.25) is 0 Å². The van der Waals surface area contributed by atoms with Gasteiger partial charge in [0.15, 0.2) is 0 Å². The minimum Gasteiger partial charge on any atom is -0.385 e. The molecule has 0 radical (unpaired) electrons. The number of ether oxygens (including phenoxy) is 2. The fourth-order valence-corrected chi connectivity index (χ4v) is 6.97. The molecule has 3 aliphatic rings. The van der Waals surface area contributed by atoms with Gasteiger partial charge in [-0.05, 0) is 63.0 Å². The molecule has 5 heteroatoms. The summed E-state index contributed by atoms with van der Waals surface area (Å²) in [6.45, 7) is 8.35. The number of hydrogen-bond acceptors (Lipinski definition) is 5. The third-order valence-electron chi connectivity index (χ3n) is 9.21. The number of likely N-dealkylation sites (tertiary alicyclic amines) is 1. The van der Waals surface area contributed by atoms with E-state index in [1.807, 2.05) is 0 Å². The van der Waals surface area contributed by atoms with E-state index in [0.717, 1.165) is 45.2 Å². The van der Waals surface area contributed by atoms with Crippen molar-refractivity contribution < 1.29 is 9.47 Å². The first kappa shape index (κ1) is 30.4. The number of nitrogens with zero attached hydrogens (tertiary/aromatic N) is 1. The zero-order chi connectivity index (χ0) is 27.1. The maximum atomic E-state index is 6.55. The van der Waals surface area contributed by atoms with Gasteiger partial charge in [-0.15, -0.1) is 0 Å². The summed E-state index contributed by atoms with van der Waals surface area (Å²) in [5, 5.41) is 7.90. The molecular formula is C34H57N3O2. The van der Waals surface area contributed by atoms with E-state index in [2.05, 4.69) is 52.8 Å². The Morgan fingerprint density at radius 3 is 2.54 bits per heavy atom. The number of allylic oxidation sites excluding steroid dienone is 2. The number of rotatable bonds is 18. The number of benzene rings is 1. The van der Waals surface area contributed by atoms with Gasteiger partial charge in [0.05, 0.1) is 6.10 Å². The molecule has 2 aliphatic carbocycles. The zero-order valence-electron chi connectivity index (χ0n) is 25.1. The molecule has 0 aromatic heterocycles. The standard InChI is InChI=1S/C34H57N3O2/c1-3-4-11-21-35-26-31(25-28-14-7-5-8-15-28)36-32-19-20-33(32)37-22-12-18-30(27-37)34(39-24-13-23-38-2)29-16-9-6-10-17-29/h6,9-10,16-17,28,30-31,34-36H,3-5,7-8,11-15,18-27H2,1-2H3/t30-,31+,34+/m1/s1. The van der Waals surface area contributed by atoms with Crippen LogP contribution in [-0.4, -0.2) is 57.4 Å². The molecule has 5 nitrogen and oxygen atoms in total. The summed E-state index contributed by atoms with van der Waals surface area (Å²) < 4.78 is 11.8. The van der Waals surface area contributed by atoms with Gasteiger partial charge in [-0.3, -0.25) is 0 Å². The van der Waals surface area contributed by atoms with E-state index in [1.54, 1.807) is 12.8 Å². The molecule has 2 fully saturated rings. The second-order valence-corrected chi connectivity index (χ2v) is 12.3. The number of unbranched alkanes of at least 4 members (excludes halogenated alkanes) is 2. The highest BCUT2D eigenvalue weighted by molar-refractivity contribution is 5.24. The molecule has 0 unspecified atom stereocenters. The van der Waals surface area contributed by atoms with Crippen LogP contribution in [0.25, 0.3) is 0 Å². The number of methoxy groups -OCH3 is 1. The topological polar surface area (TPSA) is 45.8 Å². The van der Waals surface area contributed by atoms with Gasteiger partial charge < -0.3 is 25.0 Å². The Hall–Kier alpha value is -1.56. The summed E-state index contributed by atoms with van der Waals surface area (Å²) in [5.41, 5.74) is 4.44. The van der Waals surface area contributed by atoms with Gasteiger partial charge in [0.1, 0.15) is 0 Å².